The van der Waals surface area contributed by atoms with Gasteiger partial charge in [0, 0.05) is 23.6 Å². The summed E-state index contributed by atoms with van der Waals surface area (Å²) in [5, 5.41) is 17.3. The van der Waals surface area contributed by atoms with Gasteiger partial charge in [-0.05, 0) is 74.8 Å². The Balaban J connectivity index is 1.34. The number of dihydropyridines is 1. The van der Waals surface area contributed by atoms with Crippen molar-refractivity contribution in [2.24, 2.45) is 17.8 Å². The zero-order valence-corrected chi connectivity index (χ0v) is 20.4. The van der Waals surface area contributed by atoms with Gasteiger partial charge in [0.2, 0.25) is 5.91 Å². The molecule has 4 bridgehead atoms. The van der Waals surface area contributed by atoms with Crippen molar-refractivity contribution >= 4 is 23.6 Å². The summed E-state index contributed by atoms with van der Waals surface area (Å²) >= 11 is 1.32. The Kier molecular flexibility index (Phi) is 6.15. The number of nitrogens with zero attached hydrogens (tertiary/aromatic N) is 2. The zero-order chi connectivity index (χ0) is 23.9. The third-order valence-corrected chi connectivity index (χ3v) is 8.88. The number of rotatable bonds is 6. The minimum Gasteiger partial charge on any atom is -0.466 e. The molecule has 0 radical (unpaired) electrons. The van der Waals surface area contributed by atoms with Crippen LogP contribution in [0.3, 0.4) is 0 Å². The Morgan fingerprint density at radius 3 is 2.50 bits per heavy atom. The van der Waals surface area contributed by atoms with E-state index in [1.165, 1.54) is 38.1 Å². The van der Waals surface area contributed by atoms with Crippen molar-refractivity contribution in [2.75, 3.05) is 12.9 Å². The number of esters is 1. The summed E-state index contributed by atoms with van der Waals surface area (Å²) in [6.07, 6.45) is 10.6. The van der Waals surface area contributed by atoms with E-state index in [2.05, 4.69) is 21.7 Å². The van der Waals surface area contributed by atoms with E-state index in [0.717, 1.165) is 42.6 Å². The second-order valence-electron chi connectivity index (χ2n) is 10.3. The fourth-order valence-corrected chi connectivity index (χ4v) is 7.91. The Labute approximate surface area is 204 Å². The van der Waals surface area contributed by atoms with Gasteiger partial charge in [0.05, 0.1) is 41.0 Å². The number of hydrogen-bond acceptors (Lipinski definition) is 7. The highest BCUT2D eigenvalue weighted by molar-refractivity contribution is 8.03. The number of aromatic nitrogens is 1. The Bertz CT molecular complexity index is 1070. The summed E-state index contributed by atoms with van der Waals surface area (Å²) < 4.78 is 5.01. The Morgan fingerprint density at radius 1 is 1.26 bits per heavy atom. The highest BCUT2D eigenvalue weighted by Gasteiger charge is 2.51. The summed E-state index contributed by atoms with van der Waals surface area (Å²) in [6, 6.07) is 5.90. The van der Waals surface area contributed by atoms with Crippen LogP contribution in [0.25, 0.3) is 0 Å². The van der Waals surface area contributed by atoms with Crippen LogP contribution in [0.5, 0.6) is 0 Å². The molecule has 1 aromatic rings. The minimum atomic E-state index is -0.596. The van der Waals surface area contributed by atoms with Crippen LogP contribution in [0.4, 0.5) is 0 Å². The van der Waals surface area contributed by atoms with Gasteiger partial charge in [0.15, 0.2) is 0 Å². The number of pyridine rings is 1. The molecule has 0 spiro atoms. The first-order chi connectivity index (χ1) is 16.4. The summed E-state index contributed by atoms with van der Waals surface area (Å²) in [5.74, 6) is 1.43. The van der Waals surface area contributed by atoms with Crippen molar-refractivity contribution in [3.8, 4) is 6.07 Å². The molecular weight excluding hydrogens is 448 g/mol. The van der Waals surface area contributed by atoms with Crippen LogP contribution in [0.15, 0.2) is 46.4 Å². The molecule has 6 rings (SSSR count). The number of carbonyl (C=O) groups is 2. The lowest BCUT2D eigenvalue weighted by atomic mass is 9.53. The summed E-state index contributed by atoms with van der Waals surface area (Å²) in [5.41, 5.74) is 2.09. The van der Waals surface area contributed by atoms with Crippen molar-refractivity contribution < 1.29 is 14.3 Å². The van der Waals surface area contributed by atoms with Crippen LogP contribution < -0.4 is 10.6 Å². The van der Waals surface area contributed by atoms with Gasteiger partial charge in [-0.1, -0.05) is 17.8 Å². The summed E-state index contributed by atoms with van der Waals surface area (Å²) in [6.45, 7) is 1.79. The van der Waals surface area contributed by atoms with Gasteiger partial charge in [-0.3, -0.25) is 9.78 Å². The lowest BCUT2D eigenvalue weighted by Gasteiger charge is -2.56. The largest absolute Gasteiger partial charge is 0.466 e. The lowest BCUT2D eigenvalue weighted by Crippen LogP contribution is -2.60. The Hall–Kier alpha value is -2.79. The SMILES string of the molecule is COC(=O)C1=C(C)NC(SCC(=O)NC23CC4CC(CC(C4)C2)C3)=C(C#N)C1c1cccnc1. The first-order valence-electron chi connectivity index (χ1n) is 12.0. The maximum Gasteiger partial charge on any atom is 0.336 e. The zero-order valence-electron chi connectivity index (χ0n) is 19.6. The third kappa shape index (κ3) is 4.22. The van der Waals surface area contributed by atoms with E-state index >= 15 is 0 Å². The topological polar surface area (TPSA) is 104 Å². The number of thioether (sulfide) groups is 1. The fraction of sp³-hybridized carbons (Fsp3) is 0.538. The van der Waals surface area contributed by atoms with Crippen LogP contribution in [0.1, 0.15) is 56.9 Å². The van der Waals surface area contributed by atoms with Crippen molar-refractivity contribution in [1.29, 1.82) is 5.26 Å². The molecule has 1 atom stereocenters. The van der Waals surface area contributed by atoms with E-state index < -0.39 is 11.9 Å². The van der Waals surface area contributed by atoms with E-state index in [0.29, 0.717) is 21.9 Å². The molecule has 4 aliphatic carbocycles. The van der Waals surface area contributed by atoms with E-state index in [-0.39, 0.29) is 17.2 Å². The summed E-state index contributed by atoms with van der Waals surface area (Å²) in [4.78, 5) is 29.8. The normalized spacial score (nSPS) is 31.7. The second kappa shape index (κ2) is 9.10. The number of nitriles is 1. The molecule has 0 saturated heterocycles. The molecule has 1 aliphatic heterocycles. The molecule has 1 aromatic heterocycles. The quantitative estimate of drug-likeness (QED) is 0.600. The maximum atomic E-state index is 13.1. The van der Waals surface area contributed by atoms with Crippen LogP contribution in [-0.4, -0.2) is 35.3 Å². The monoisotopic (exact) mass is 478 g/mol. The highest BCUT2D eigenvalue weighted by atomic mass is 32.2. The number of amides is 1. The average molecular weight is 479 g/mol. The third-order valence-electron chi connectivity index (χ3n) is 7.86. The van der Waals surface area contributed by atoms with Gasteiger partial charge in [0.25, 0.3) is 0 Å². The van der Waals surface area contributed by atoms with E-state index in [9.17, 15) is 14.9 Å². The fourth-order valence-electron chi connectivity index (χ4n) is 7.02. The maximum absolute atomic E-state index is 13.1. The number of hydrogen-bond donors (Lipinski definition) is 2. The molecule has 7 nitrogen and oxygen atoms in total. The smallest absolute Gasteiger partial charge is 0.336 e. The first-order valence-corrected chi connectivity index (χ1v) is 12.9. The predicted molar refractivity (Wildman–Crippen MR) is 129 cm³/mol. The molecule has 0 aromatic carbocycles. The minimum absolute atomic E-state index is 0.0110. The molecule has 178 valence electrons. The second-order valence-corrected chi connectivity index (χ2v) is 11.2. The van der Waals surface area contributed by atoms with Gasteiger partial charge in [0.1, 0.15) is 0 Å². The molecule has 8 heteroatoms. The van der Waals surface area contributed by atoms with Gasteiger partial charge < -0.3 is 15.4 Å². The van der Waals surface area contributed by atoms with E-state index in [4.69, 9.17) is 4.74 Å². The predicted octanol–water partition coefficient (Wildman–Crippen LogP) is 3.77. The number of carbonyl (C=O) groups excluding carboxylic acids is 2. The standard InChI is InChI=1S/C26H30N4O3S/c1-15-22(25(32)33-2)23(19-4-3-5-28-13-19)20(12-27)24(29-15)34-14-21(31)30-26-9-16-6-17(10-26)8-18(7-16)11-26/h3-5,13,16-18,23,29H,6-11,14H2,1-2H3,(H,30,31). The Morgan fingerprint density at radius 2 is 1.94 bits per heavy atom. The first kappa shape index (κ1) is 23.0. The highest BCUT2D eigenvalue weighted by Crippen LogP contribution is 2.55. The van der Waals surface area contributed by atoms with E-state index in [1.54, 1.807) is 25.4 Å². The van der Waals surface area contributed by atoms with Crippen molar-refractivity contribution in [3.63, 3.8) is 0 Å². The van der Waals surface area contributed by atoms with Crippen LogP contribution in [-0.2, 0) is 14.3 Å². The van der Waals surface area contributed by atoms with Crippen molar-refractivity contribution in [2.45, 2.75) is 56.9 Å². The molecule has 1 unspecified atom stereocenters. The van der Waals surface area contributed by atoms with Gasteiger partial charge >= 0.3 is 5.97 Å². The van der Waals surface area contributed by atoms with Gasteiger partial charge in [-0.15, -0.1) is 0 Å². The molecule has 2 heterocycles. The number of allylic oxidation sites excluding steroid dienone is 2. The molecule has 5 aliphatic rings. The molecular formula is C26H30N4O3S. The number of nitrogens with one attached hydrogen (secondary N) is 2. The number of ether oxygens (including phenoxy) is 1. The van der Waals surface area contributed by atoms with E-state index in [1.807, 2.05) is 6.07 Å². The molecule has 34 heavy (non-hydrogen) atoms. The van der Waals surface area contributed by atoms with Crippen LogP contribution in [0.2, 0.25) is 0 Å². The van der Waals surface area contributed by atoms with Gasteiger partial charge in [-0.25, -0.2) is 4.79 Å². The number of methoxy groups -OCH3 is 1. The van der Waals surface area contributed by atoms with Crippen molar-refractivity contribution in [1.82, 2.24) is 15.6 Å². The molecule has 2 N–H and O–H groups in total. The summed E-state index contributed by atoms with van der Waals surface area (Å²) in [7, 11) is 1.33. The lowest BCUT2D eigenvalue weighted by molar-refractivity contribution is -0.136. The average Bonchev–Trinajstić information content (AvgIpc) is 2.81. The van der Waals surface area contributed by atoms with Gasteiger partial charge in [-0.2, -0.15) is 5.26 Å². The molecule has 1 amide bonds. The molecule has 4 saturated carbocycles. The van der Waals surface area contributed by atoms with Crippen LogP contribution >= 0.6 is 11.8 Å². The van der Waals surface area contributed by atoms with Crippen LogP contribution in [0, 0.1) is 29.1 Å². The van der Waals surface area contributed by atoms with Crippen molar-refractivity contribution in [3.05, 3.63) is 52.0 Å². The molecule has 4 fully saturated rings.